The first-order chi connectivity index (χ1) is 22.0. The van der Waals surface area contributed by atoms with Crippen molar-refractivity contribution in [2.75, 3.05) is 33.0 Å². The highest BCUT2D eigenvalue weighted by molar-refractivity contribution is 5.75. The maximum atomic E-state index is 15.0. The lowest BCUT2D eigenvalue weighted by atomic mass is 9.92. The number of unbranched alkanes of at least 4 members (excludes halogenated alkanes) is 2. The molecule has 0 aliphatic heterocycles. The molecule has 0 radical (unpaired) electrons. The number of rotatable bonds is 20. The number of halogens is 4. The van der Waals surface area contributed by atoms with Crippen molar-refractivity contribution in [3.05, 3.63) is 96.0 Å². The first kappa shape index (κ1) is 36.6. The van der Waals surface area contributed by atoms with Crippen LogP contribution in [0.15, 0.2) is 79.1 Å². The standard InChI is InChI=1S/C36H42F4O6/c1-4-27-18-29(11-12-34(27)30-10-9-28(35(37)21-30)8-6-5-7-14-36(38,39)40)31-19-32(43-15-13-25(2)23-41)22-33(20-31)44-16-17-45-46-26(3)24-42/h9-12,18-22,41-42H,2-8,13-17,23-24H2,1H3. The third-order valence-electron chi connectivity index (χ3n) is 7.21. The van der Waals surface area contributed by atoms with E-state index in [1.165, 1.54) is 6.07 Å². The first-order valence-corrected chi connectivity index (χ1v) is 15.3. The summed E-state index contributed by atoms with van der Waals surface area (Å²) in [6, 6.07) is 16.5. The van der Waals surface area contributed by atoms with Gasteiger partial charge in [0.05, 0.1) is 13.2 Å². The average molecular weight is 647 g/mol. The molecule has 0 aliphatic carbocycles. The highest BCUT2D eigenvalue weighted by Crippen LogP contribution is 2.34. The van der Waals surface area contributed by atoms with Gasteiger partial charge in [-0.3, -0.25) is 0 Å². The Labute approximate surface area is 267 Å². The molecule has 0 amide bonds. The number of aliphatic hydroxyl groups is 2. The van der Waals surface area contributed by atoms with Crippen molar-refractivity contribution in [3.8, 4) is 33.8 Å². The van der Waals surface area contributed by atoms with Gasteiger partial charge in [-0.25, -0.2) is 4.39 Å². The zero-order valence-corrected chi connectivity index (χ0v) is 26.1. The van der Waals surface area contributed by atoms with Crippen LogP contribution in [0.25, 0.3) is 22.3 Å². The zero-order valence-electron chi connectivity index (χ0n) is 26.1. The number of aliphatic hydroxyl groups excluding tert-OH is 2. The summed E-state index contributed by atoms with van der Waals surface area (Å²) in [4.78, 5) is 9.80. The van der Waals surface area contributed by atoms with Crippen LogP contribution in [0.5, 0.6) is 11.5 Å². The minimum absolute atomic E-state index is 0.0445. The van der Waals surface area contributed by atoms with Crippen LogP contribution in [-0.2, 0) is 22.6 Å². The molecule has 0 unspecified atom stereocenters. The minimum atomic E-state index is -4.16. The number of benzene rings is 3. The second-order valence-corrected chi connectivity index (χ2v) is 10.9. The zero-order chi connectivity index (χ0) is 33.5. The summed E-state index contributed by atoms with van der Waals surface area (Å²) < 4.78 is 64.0. The van der Waals surface area contributed by atoms with Gasteiger partial charge < -0.3 is 24.6 Å². The van der Waals surface area contributed by atoms with Crippen LogP contribution in [-0.4, -0.2) is 49.4 Å². The fraction of sp³-hybridized carbons (Fsp3) is 0.389. The van der Waals surface area contributed by atoms with E-state index in [2.05, 4.69) is 13.2 Å². The first-order valence-electron chi connectivity index (χ1n) is 15.3. The molecule has 250 valence electrons. The molecular formula is C36H42F4O6. The van der Waals surface area contributed by atoms with Crippen molar-refractivity contribution in [2.24, 2.45) is 0 Å². The van der Waals surface area contributed by atoms with Gasteiger partial charge in [0.2, 0.25) is 0 Å². The smallest absolute Gasteiger partial charge is 0.389 e. The summed E-state index contributed by atoms with van der Waals surface area (Å²) in [7, 11) is 0. The predicted octanol–water partition coefficient (Wildman–Crippen LogP) is 8.54. The quantitative estimate of drug-likeness (QED) is 0.0320. The van der Waals surface area contributed by atoms with Crippen molar-refractivity contribution in [1.29, 1.82) is 0 Å². The SMILES string of the molecule is C=C(CO)CCOc1cc(OCCOOC(=C)CO)cc(-c2ccc(-c3ccc(CCCCCC(F)(F)F)c(F)c3)c(CC)c2)c1. The van der Waals surface area contributed by atoms with Gasteiger partial charge in [0.15, 0.2) is 5.76 Å². The molecule has 0 saturated carbocycles. The average Bonchev–Trinajstić information content (AvgIpc) is 3.03. The Morgan fingerprint density at radius 1 is 0.761 bits per heavy atom. The Kier molecular flexibility index (Phi) is 14.6. The molecule has 0 aromatic heterocycles. The Hall–Kier alpha value is -3.86. The highest BCUT2D eigenvalue weighted by Gasteiger charge is 2.25. The second-order valence-electron chi connectivity index (χ2n) is 10.9. The molecule has 0 bridgehead atoms. The summed E-state index contributed by atoms with van der Waals surface area (Å²) in [6.07, 6.45) is -2.49. The molecular weight excluding hydrogens is 604 g/mol. The lowest BCUT2D eigenvalue weighted by molar-refractivity contribution is -0.268. The van der Waals surface area contributed by atoms with Crippen LogP contribution in [0.3, 0.4) is 0 Å². The predicted molar refractivity (Wildman–Crippen MR) is 170 cm³/mol. The molecule has 0 atom stereocenters. The van der Waals surface area contributed by atoms with Crippen LogP contribution in [0.1, 0.15) is 50.2 Å². The highest BCUT2D eigenvalue weighted by atomic mass is 19.4. The number of alkyl halides is 3. The van der Waals surface area contributed by atoms with Gasteiger partial charge in [-0.05, 0) is 82.8 Å². The van der Waals surface area contributed by atoms with Crippen molar-refractivity contribution in [2.45, 2.75) is 58.0 Å². The fourth-order valence-corrected chi connectivity index (χ4v) is 4.72. The number of hydrogen-bond donors (Lipinski definition) is 2. The molecule has 0 aliphatic rings. The molecule has 3 rings (SSSR count). The Morgan fingerprint density at radius 2 is 1.48 bits per heavy atom. The van der Waals surface area contributed by atoms with E-state index in [1.807, 2.05) is 43.3 Å². The van der Waals surface area contributed by atoms with Crippen molar-refractivity contribution in [1.82, 2.24) is 0 Å². The van der Waals surface area contributed by atoms with Gasteiger partial charge >= 0.3 is 6.18 Å². The summed E-state index contributed by atoms with van der Waals surface area (Å²) in [6.45, 7) is 9.36. The lowest BCUT2D eigenvalue weighted by Gasteiger charge is -2.15. The third kappa shape index (κ3) is 12.2. The molecule has 3 aromatic rings. The van der Waals surface area contributed by atoms with Gasteiger partial charge in [-0.15, -0.1) is 0 Å². The Bertz CT molecular complexity index is 1440. The summed E-state index contributed by atoms with van der Waals surface area (Å²) >= 11 is 0. The van der Waals surface area contributed by atoms with E-state index < -0.39 is 12.6 Å². The monoisotopic (exact) mass is 646 g/mol. The molecule has 46 heavy (non-hydrogen) atoms. The van der Waals surface area contributed by atoms with E-state index in [1.54, 1.807) is 12.1 Å². The lowest BCUT2D eigenvalue weighted by Crippen LogP contribution is -2.08. The van der Waals surface area contributed by atoms with E-state index in [0.29, 0.717) is 61.3 Å². The molecule has 0 fully saturated rings. The van der Waals surface area contributed by atoms with Crippen molar-refractivity contribution in [3.63, 3.8) is 0 Å². The van der Waals surface area contributed by atoms with Crippen LogP contribution in [0, 0.1) is 5.82 Å². The summed E-state index contributed by atoms with van der Waals surface area (Å²) in [5.74, 6) is 0.790. The van der Waals surface area contributed by atoms with E-state index in [4.69, 9.17) is 24.4 Å². The molecule has 0 saturated heterocycles. The van der Waals surface area contributed by atoms with E-state index >= 15 is 4.39 Å². The largest absolute Gasteiger partial charge is 0.493 e. The van der Waals surface area contributed by atoms with E-state index in [-0.39, 0.29) is 44.4 Å². The van der Waals surface area contributed by atoms with E-state index in [0.717, 1.165) is 27.8 Å². The van der Waals surface area contributed by atoms with Crippen LogP contribution in [0.4, 0.5) is 17.6 Å². The molecule has 2 N–H and O–H groups in total. The van der Waals surface area contributed by atoms with Crippen LogP contribution < -0.4 is 9.47 Å². The van der Waals surface area contributed by atoms with Gasteiger partial charge in [-0.2, -0.15) is 18.1 Å². The minimum Gasteiger partial charge on any atom is -0.493 e. The topological polar surface area (TPSA) is 77.4 Å². The van der Waals surface area contributed by atoms with Gasteiger partial charge in [0, 0.05) is 18.9 Å². The second kappa shape index (κ2) is 18.3. The van der Waals surface area contributed by atoms with Crippen molar-refractivity contribution < 1.29 is 47.0 Å². The number of hydrogen-bond acceptors (Lipinski definition) is 6. The van der Waals surface area contributed by atoms with Crippen LogP contribution >= 0.6 is 0 Å². The van der Waals surface area contributed by atoms with Gasteiger partial charge in [0.1, 0.15) is 37.1 Å². The molecule has 0 heterocycles. The third-order valence-corrected chi connectivity index (χ3v) is 7.21. The fourth-order valence-electron chi connectivity index (χ4n) is 4.72. The Balaban J connectivity index is 1.77. The molecule has 6 nitrogen and oxygen atoms in total. The summed E-state index contributed by atoms with van der Waals surface area (Å²) in [5, 5.41) is 18.2. The molecule has 3 aromatic carbocycles. The summed E-state index contributed by atoms with van der Waals surface area (Å²) in [5.41, 5.74) is 5.47. The van der Waals surface area contributed by atoms with Crippen molar-refractivity contribution >= 4 is 0 Å². The van der Waals surface area contributed by atoms with E-state index in [9.17, 15) is 18.3 Å². The van der Waals surface area contributed by atoms with Crippen LogP contribution in [0.2, 0.25) is 0 Å². The molecule has 10 heteroatoms. The number of aryl methyl sites for hydroxylation is 2. The Morgan fingerprint density at radius 3 is 2.13 bits per heavy atom. The molecule has 0 spiro atoms. The van der Waals surface area contributed by atoms with Gasteiger partial charge in [-0.1, -0.05) is 56.8 Å². The normalized spacial score (nSPS) is 11.4. The maximum Gasteiger partial charge on any atom is 0.389 e. The maximum absolute atomic E-state index is 15.0. The number of ether oxygens (including phenoxy) is 2. The van der Waals surface area contributed by atoms with Gasteiger partial charge in [0.25, 0.3) is 0 Å².